The number of amides is 2. The van der Waals surface area contributed by atoms with E-state index in [1.54, 1.807) is 19.1 Å². The molecule has 9 heteroatoms. The molecule has 2 amide bonds. The molecule has 2 aliphatic rings. The normalized spacial score (nSPS) is 23.0. The van der Waals surface area contributed by atoms with Crippen LogP contribution in [-0.2, 0) is 14.4 Å². The Morgan fingerprint density at radius 2 is 2.04 bits per heavy atom. The standard InChI is InChI=1S/C18H19N3O5S/c1-2-3-10-8-27-17-13(16(24)21(17)14(10)18(25)26)20-15(23)12(19)9-4-6-11(22)7-5-9/h2-7,12-13,17,22H,8,19H2,1H3,(H,20,23)(H,25,26)/t12-,13+,17+/m1/s1. The van der Waals surface area contributed by atoms with Gasteiger partial charge < -0.3 is 21.3 Å². The third kappa shape index (κ3) is 3.43. The SMILES string of the molecule is CC=CC1=C(C(=O)O)N2C(=O)[C@H](NC(=O)[C@H](N)c3ccc(O)cc3)[C@@H]2SC1. The first-order chi connectivity index (χ1) is 12.8. The summed E-state index contributed by atoms with van der Waals surface area (Å²) in [5.41, 5.74) is 6.93. The highest BCUT2D eigenvalue weighted by molar-refractivity contribution is 8.00. The summed E-state index contributed by atoms with van der Waals surface area (Å²) in [5, 5.41) is 20.9. The van der Waals surface area contributed by atoms with Gasteiger partial charge in [0.25, 0.3) is 5.91 Å². The zero-order valence-electron chi connectivity index (χ0n) is 14.5. The molecule has 0 saturated carbocycles. The van der Waals surface area contributed by atoms with Crippen molar-refractivity contribution in [1.29, 1.82) is 0 Å². The maximum atomic E-state index is 12.5. The Balaban J connectivity index is 1.74. The van der Waals surface area contributed by atoms with Gasteiger partial charge >= 0.3 is 5.97 Å². The molecule has 8 nitrogen and oxygen atoms in total. The molecule has 2 aliphatic heterocycles. The van der Waals surface area contributed by atoms with E-state index >= 15 is 0 Å². The third-order valence-corrected chi connectivity index (χ3v) is 5.70. The molecule has 1 fully saturated rings. The number of carboxylic acids is 1. The Morgan fingerprint density at radius 1 is 1.37 bits per heavy atom. The molecule has 3 rings (SSSR count). The number of aromatic hydroxyl groups is 1. The number of fused-ring (bicyclic) bond motifs is 1. The van der Waals surface area contributed by atoms with Crippen LogP contribution < -0.4 is 11.1 Å². The number of nitrogens with one attached hydrogen (secondary N) is 1. The summed E-state index contributed by atoms with van der Waals surface area (Å²) >= 11 is 1.39. The fourth-order valence-corrected chi connectivity index (χ4v) is 4.37. The van der Waals surface area contributed by atoms with Crippen LogP contribution in [0.3, 0.4) is 0 Å². The lowest BCUT2D eigenvalue weighted by Gasteiger charge is -2.49. The van der Waals surface area contributed by atoms with Crippen LogP contribution in [-0.4, -0.2) is 50.1 Å². The third-order valence-electron chi connectivity index (χ3n) is 4.40. The van der Waals surface area contributed by atoms with Crippen molar-refractivity contribution in [3.05, 3.63) is 53.3 Å². The molecule has 5 N–H and O–H groups in total. The van der Waals surface area contributed by atoms with E-state index in [1.165, 1.54) is 40.9 Å². The maximum absolute atomic E-state index is 12.5. The minimum absolute atomic E-state index is 0.0461. The quantitative estimate of drug-likeness (QED) is 0.545. The van der Waals surface area contributed by atoms with Crippen LogP contribution in [0.4, 0.5) is 0 Å². The fourth-order valence-electron chi connectivity index (χ4n) is 3.05. The fraction of sp³-hybridized carbons (Fsp3) is 0.278. The van der Waals surface area contributed by atoms with Gasteiger partial charge in [0.05, 0.1) is 0 Å². The summed E-state index contributed by atoms with van der Waals surface area (Å²) < 4.78 is 0. The minimum Gasteiger partial charge on any atom is -0.508 e. The lowest BCUT2D eigenvalue weighted by atomic mass is 10.0. The van der Waals surface area contributed by atoms with Crippen LogP contribution in [0.5, 0.6) is 5.75 Å². The summed E-state index contributed by atoms with van der Waals surface area (Å²) in [5.74, 6) is -1.71. The van der Waals surface area contributed by atoms with E-state index in [9.17, 15) is 24.6 Å². The number of hydrogen-bond donors (Lipinski definition) is 4. The van der Waals surface area contributed by atoms with E-state index in [2.05, 4.69) is 5.32 Å². The van der Waals surface area contributed by atoms with Gasteiger partial charge in [-0.1, -0.05) is 24.3 Å². The van der Waals surface area contributed by atoms with Crippen molar-refractivity contribution in [2.45, 2.75) is 24.4 Å². The van der Waals surface area contributed by atoms with Gasteiger partial charge in [0.15, 0.2) is 0 Å². The van der Waals surface area contributed by atoms with Crippen molar-refractivity contribution < 1.29 is 24.6 Å². The monoisotopic (exact) mass is 389 g/mol. The van der Waals surface area contributed by atoms with Crippen LogP contribution in [0.15, 0.2) is 47.7 Å². The van der Waals surface area contributed by atoms with Crippen molar-refractivity contribution >= 4 is 29.5 Å². The number of nitrogens with two attached hydrogens (primary N) is 1. The van der Waals surface area contributed by atoms with E-state index in [1.807, 2.05) is 0 Å². The predicted octanol–water partition coefficient (Wildman–Crippen LogP) is 0.707. The average Bonchev–Trinajstić information content (AvgIpc) is 2.65. The molecular weight excluding hydrogens is 370 g/mol. The highest BCUT2D eigenvalue weighted by atomic mass is 32.2. The van der Waals surface area contributed by atoms with Crippen molar-refractivity contribution in [2.75, 3.05) is 5.75 Å². The molecular formula is C18H19N3O5S. The summed E-state index contributed by atoms with van der Waals surface area (Å²) in [4.78, 5) is 37.7. The lowest BCUT2D eigenvalue weighted by molar-refractivity contribution is -0.150. The first-order valence-corrected chi connectivity index (χ1v) is 9.28. The molecule has 0 aromatic heterocycles. The van der Waals surface area contributed by atoms with E-state index in [0.29, 0.717) is 16.9 Å². The van der Waals surface area contributed by atoms with E-state index in [4.69, 9.17) is 5.73 Å². The van der Waals surface area contributed by atoms with Gasteiger partial charge in [-0.2, -0.15) is 0 Å². The molecule has 1 aromatic carbocycles. The number of nitrogens with zero attached hydrogens (tertiary/aromatic N) is 1. The number of aliphatic carboxylic acids is 1. The minimum atomic E-state index is -1.17. The largest absolute Gasteiger partial charge is 0.508 e. The number of thioether (sulfide) groups is 1. The zero-order valence-corrected chi connectivity index (χ0v) is 15.3. The number of rotatable bonds is 5. The first kappa shape index (κ1) is 19.0. The van der Waals surface area contributed by atoms with Crippen LogP contribution in [0.2, 0.25) is 0 Å². The van der Waals surface area contributed by atoms with Gasteiger partial charge in [-0.3, -0.25) is 14.5 Å². The highest BCUT2D eigenvalue weighted by Gasteiger charge is 2.54. The molecule has 0 spiro atoms. The smallest absolute Gasteiger partial charge is 0.352 e. The number of allylic oxidation sites excluding steroid dienone is 2. The Kier molecular flexibility index (Phi) is 5.24. The van der Waals surface area contributed by atoms with Gasteiger partial charge in [0.1, 0.15) is 28.9 Å². The summed E-state index contributed by atoms with van der Waals surface area (Å²) in [6.07, 6.45) is 3.39. The van der Waals surface area contributed by atoms with E-state index < -0.39 is 35.2 Å². The molecule has 1 aromatic rings. The Morgan fingerprint density at radius 3 is 2.63 bits per heavy atom. The molecule has 0 unspecified atom stereocenters. The molecule has 0 bridgehead atoms. The number of benzene rings is 1. The Hall–Kier alpha value is -2.78. The van der Waals surface area contributed by atoms with Gasteiger partial charge in [-0.15, -0.1) is 11.8 Å². The Labute approximate surface area is 159 Å². The number of carbonyl (C=O) groups excluding carboxylic acids is 2. The van der Waals surface area contributed by atoms with Crippen molar-refractivity contribution in [3.8, 4) is 5.75 Å². The first-order valence-electron chi connectivity index (χ1n) is 8.24. The van der Waals surface area contributed by atoms with Gasteiger partial charge in [-0.05, 0) is 30.2 Å². The average molecular weight is 389 g/mol. The summed E-state index contributed by atoms with van der Waals surface area (Å²) in [6, 6.07) is 4.06. The van der Waals surface area contributed by atoms with E-state index in [-0.39, 0.29) is 11.4 Å². The van der Waals surface area contributed by atoms with E-state index in [0.717, 1.165) is 0 Å². The summed E-state index contributed by atoms with van der Waals surface area (Å²) in [7, 11) is 0. The second-order valence-corrected chi connectivity index (χ2v) is 7.25. The molecule has 0 aliphatic carbocycles. The topological polar surface area (TPSA) is 133 Å². The van der Waals surface area contributed by atoms with Gasteiger partial charge in [-0.25, -0.2) is 4.79 Å². The van der Waals surface area contributed by atoms with Crippen LogP contribution >= 0.6 is 11.8 Å². The van der Waals surface area contributed by atoms with Gasteiger partial charge in [0, 0.05) is 5.75 Å². The zero-order chi connectivity index (χ0) is 19.7. The number of β-lactam (4-membered cyclic amide) rings is 1. The number of carbonyl (C=O) groups is 3. The van der Waals surface area contributed by atoms with Crippen molar-refractivity contribution in [2.24, 2.45) is 5.73 Å². The lowest BCUT2D eigenvalue weighted by Crippen LogP contribution is -2.71. The molecule has 2 heterocycles. The second-order valence-electron chi connectivity index (χ2n) is 6.14. The molecule has 142 valence electrons. The van der Waals surface area contributed by atoms with Gasteiger partial charge in [0.2, 0.25) is 5.91 Å². The second kappa shape index (κ2) is 7.45. The number of phenols is 1. The molecule has 1 saturated heterocycles. The number of phenolic OH excluding ortho intramolecular Hbond substituents is 1. The molecule has 3 atom stereocenters. The Bertz CT molecular complexity index is 849. The highest BCUT2D eigenvalue weighted by Crippen LogP contribution is 2.40. The van der Waals surface area contributed by atoms with Crippen molar-refractivity contribution in [1.82, 2.24) is 10.2 Å². The van der Waals surface area contributed by atoms with Crippen molar-refractivity contribution in [3.63, 3.8) is 0 Å². The van der Waals surface area contributed by atoms with Crippen LogP contribution in [0, 0.1) is 0 Å². The molecule has 0 radical (unpaired) electrons. The summed E-state index contributed by atoms with van der Waals surface area (Å²) in [6.45, 7) is 1.77. The predicted molar refractivity (Wildman–Crippen MR) is 99.5 cm³/mol. The molecule has 27 heavy (non-hydrogen) atoms. The number of carboxylic acid groups (broad SMARTS) is 1. The van der Waals surface area contributed by atoms with Crippen LogP contribution in [0.1, 0.15) is 18.5 Å². The maximum Gasteiger partial charge on any atom is 0.352 e. The van der Waals surface area contributed by atoms with Crippen LogP contribution in [0.25, 0.3) is 0 Å². The number of hydrogen-bond acceptors (Lipinski definition) is 6.